The molecule has 0 aromatic rings. The third-order valence-electron chi connectivity index (χ3n) is 1.85. The Labute approximate surface area is 66.3 Å². The predicted molar refractivity (Wildman–Crippen MR) is 43.7 cm³/mol. The zero-order valence-corrected chi connectivity index (χ0v) is 6.79. The van der Waals surface area contributed by atoms with Gasteiger partial charge in [-0.15, -0.1) is 0 Å². The topological polar surface area (TPSA) is 29.4 Å². The highest BCUT2D eigenvalue weighted by molar-refractivity contribution is 5.40. The van der Waals surface area contributed by atoms with Crippen LogP contribution in [0.2, 0.25) is 0 Å². The highest BCUT2D eigenvalue weighted by Gasteiger charge is 2.10. The molecule has 58 valence electrons. The van der Waals surface area contributed by atoms with Crippen molar-refractivity contribution >= 4 is 6.08 Å². The first-order chi connectivity index (χ1) is 5.24. The average Bonchev–Trinajstić information content (AvgIpc) is 1.98. The molecule has 1 rings (SSSR count). The second kappa shape index (κ2) is 3.31. The maximum atomic E-state index is 9.97. The van der Waals surface area contributed by atoms with Gasteiger partial charge in [0.05, 0.1) is 5.70 Å². The van der Waals surface area contributed by atoms with Crippen LogP contribution >= 0.6 is 0 Å². The van der Waals surface area contributed by atoms with Crippen LogP contribution in [0.25, 0.3) is 0 Å². The Kier molecular flexibility index (Phi) is 2.40. The van der Waals surface area contributed by atoms with Gasteiger partial charge in [0.25, 0.3) is 0 Å². The largest absolute Gasteiger partial charge is 0.240 e. The summed E-state index contributed by atoms with van der Waals surface area (Å²) in [6.45, 7) is 4.06. The summed E-state index contributed by atoms with van der Waals surface area (Å²) in [4.78, 5) is 13.6. The molecule has 1 atom stereocenters. The molecule has 2 nitrogen and oxygen atoms in total. The minimum Gasteiger partial charge on any atom is -0.211 e. The number of nitrogens with zero attached hydrogens (tertiary/aromatic N) is 1. The Morgan fingerprint density at radius 3 is 3.09 bits per heavy atom. The van der Waals surface area contributed by atoms with E-state index in [9.17, 15) is 4.79 Å². The van der Waals surface area contributed by atoms with Gasteiger partial charge in [-0.2, -0.15) is 4.99 Å². The molecule has 0 radical (unpaired) electrons. The lowest BCUT2D eigenvalue weighted by Gasteiger charge is -2.13. The zero-order valence-electron chi connectivity index (χ0n) is 6.79. The maximum absolute atomic E-state index is 9.97. The molecule has 0 fully saturated rings. The molecule has 1 aliphatic rings. The van der Waals surface area contributed by atoms with Crippen molar-refractivity contribution in [3.05, 3.63) is 23.4 Å². The molecule has 0 saturated carbocycles. The number of hydrogen-bond acceptors (Lipinski definition) is 2. The lowest BCUT2D eigenvalue weighted by Crippen LogP contribution is -2.00. The van der Waals surface area contributed by atoms with E-state index < -0.39 is 0 Å². The van der Waals surface area contributed by atoms with E-state index in [2.05, 4.69) is 18.0 Å². The van der Waals surface area contributed by atoms with Gasteiger partial charge in [-0.3, -0.25) is 0 Å². The first-order valence-corrected chi connectivity index (χ1v) is 3.70. The van der Waals surface area contributed by atoms with Crippen LogP contribution in [0.3, 0.4) is 0 Å². The van der Waals surface area contributed by atoms with Crippen molar-refractivity contribution in [3.8, 4) is 0 Å². The van der Waals surface area contributed by atoms with Crippen LogP contribution in [-0.4, -0.2) is 6.08 Å². The van der Waals surface area contributed by atoms with Gasteiger partial charge < -0.3 is 0 Å². The number of carbonyl (C=O) groups excluding carboxylic acids is 1. The van der Waals surface area contributed by atoms with Gasteiger partial charge in [0.2, 0.25) is 6.08 Å². The van der Waals surface area contributed by atoms with E-state index in [1.807, 2.05) is 13.0 Å². The van der Waals surface area contributed by atoms with Gasteiger partial charge in [-0.25, -0.2) is 4.79 Å². The van der Waals surface area contributed by atoms with E-state index in [0.717, 1.165) is 12.1 Å². The van der Waals surface area contributed by atoms with Crippen LogP contribution in [0.4, 0.5) is 0 Å². The van der Waals surface area contributed by atoms with E-state index in [1.165, 1.54) is 5.57 Å². The summed E-state index contributed by atoms with van der Waals surface area (Å²) in [5.41, 5.74) is 2.03. The molecule has 1 aliphatic carbocycles. The lowest BCUT2D eigenvalue weighted by molar-refractivity contribution is 0.561. The van der Waals surface area contributed by atoms with Crippen molar-refractivity contribution in [1.29, 1.82) is 0 Å². The molecule has 0 bridgehead atoms. The third-order valence-corrected chi connectivity index (χ3v) is 1.85. The van der Waals surface area contributed by atoms with Crippen LogP contribution in [0, 0.1) is 5.92 Å². The van der Waals surface area contributed by atoms with E-state index in [1.54, 1.807) is 6.08 Å². The first kappa shape index (κ1) is 7.96. The van der Waals surface area contributed by atoms with Crippen molar-refractivity contribution < 1.29 is 4.79 Å². The highest BCUT2D eigenvalue weighted by Crippen LogP contribution is 2.23. The van der Waals surface area contributed by atoms with Gasteiger partial charge in [0.1, 0.15) is 0 Å². The van der Waals surface area contributed by atoms with Crippen LogP contribution in [-0.2, 0) is 4.79 Å². The summed E-state index contributed by atoms with van der Waals surface area (Å²) < 4.78 is 0. The molecule has 0 N–H and O–H groups in total. The van der Waals surface area contributed by atoms with Crippen LogP contribution < -0.4 is 0 Å². The standard InChI is InChI=1S/C9H11NO/c1-7-3-4-8(2)9(5-7)10-6-11/h3,5,8H,4H2,1-2H3. The Hall–Kier alpha value is -1.14. The summed E-state index contributed by atoms with van der Waals surface area (Å²) in [7, 11) is 0. The molecule has 1 unspecified atom stereocenters. The fourth-order valence-electron chi connectivity index (χ4n) is 1.11. The summed E-state index contributed by atoms with van der Waals surface area (Å²) in [5.74, 6) is 0.361. The second-order valence-electron chi connectivity index (χ2n) is 2.86. The maximum Gasteiger partial charge on any atom is 0.240 e. The SMILES string of the molecule is CC1=CCC(C)C(N=C=O)=C1. The Morgan fingerprint density at radius 1 is 1.73 bits per heavy atom. The molecular weight excluding hydrogens is 138 g/mol. The van der Waals surface area contributed by atoms with Crippen LogP contribution in [0.15, 0.2) is 28.4 Å². The van der Waals surface area contributed by atoms with Crippen molar-refractivity contribution in [2.45, 2.75) is 20.3 Å². The van der Waals surface area contributed by atoms with Gasteiger partial charge in [-0.05, 0) is 19.4 Å². The quantitative estimate of drug-likeness (QED) is 0.415. The van der Waals surface area contributed by atoms with Gasteiger partial charge >= 0.3 is 0 Å². The van der Waals surface area contributed by atoms with Crippen molar-refractivity contribution in [3.63, 3.8) is 0 Å². The van der Waals surface area contributed by atoms with Crippen LogP contribution in [0.1, 0.15) is 20.3 Å². The number of rotatable bonds is 1. The number of aliphatic imine (C=N–C) groups is 1. The Morgan fingerprint density at radius 2 is 2.45 bits per heavy atom. The summed E-state index contributed by atoms with van der Waals surface area (Å²) in [5, 5.41) is 0. The fraction of sp³-hybridized carbons (Fsp3) is 0.444. The Bertz CT molecular complexity index is 257. The summed E-state index contributed by atoms with van der Waals surface area (Å²) >= 11 is 0. The van der Waals surface area contributed by atoms with Gasteiger partial charge in [0, 0.05) is 5.92 Å². The number of hydrogen-bond donors (Lipinski definition) is 0. The normalized spacial score (nSPS) is 23.3. The molecule has 0 spiro atoms. The lowest BCUT2D eigenvalue weighted by atomic mass is 9.96. The van der Waals surface area contributed by atoms with Crippen molar-refractivity contribution in [1.82, 2.24) is 0 Å². The number of allylic oxidation sites excluding steroid dienone is 4. The molecule has 0 aliphatic heterocycles. The predicted octanol–water partition coefficient (Wildman–Crippen LogP) is 2.19. The molecule has 0 saturated heterocycles. The van der Waals surface area contributed by atoms with E-state index in [4.69, 9.17) is 0 Å². The minimum atomic E-state index is 0.361. The van der Waals surface area contributed by atoms with Crippen molar-refractivity contribution in [2.75, 3.05) is 0 Å². The van der Waals surface area contributed by atoms with E-state index in [0.29, 0.717) is 5.92 Å². The van der Waals surface area contributed by atoms with E-state index in [-0.39, 0.29) is 0 Å². The molecule has 0 aromatic heterocycles. The molecule has 0 aromatic carbocycles. The molecule has 11 heavy (non-hydrogen) atoms. The summed E-state index contributed by atoms with van der Waals surface area (Å²) in [6.07, 6.45) is 6.62. The highest BCUT2D eigenvalue weighted by atomic mass is 16.1. The zero-order chi connectivity index (χ0) is 8.27. The molecule has 2 heteroatoms. The van der Waals surface area contributed by atoms with Crippen LogP contribution in [0.5, 0.6) is 0 Å². The van der Waals surface area contributed by atoms with E-state index >= 15 is 0 Å². The fourth-order valence-corrected chi connectivity index (χ4v) is 1.11. The number of isocyanates is 1. The molecule has 0 heterocycles. The first-order valence-electron chi connectivity index (χ1n) is 3.70. The minimum absolute atomic E-state index is 0.361. The smallest absolute Gasteiger partial charge is 0.211 e. The third kappa shape index (κ3) is 1.89. The second-order valence-corrected chi connectivity index (χ2v) is 2.86. The molecular formula is C9H11NO. The van der Waals surface area contributed by atoms with Gasteiger partial charge in [-0.1, -0.05) is 18.6 Å². The van der Waals surface area contributed by atoms with Crippen molar-refractivity contribution in [2.24, 2.45) is 10.9 Å². The average molecular weight is 149 g/mol. The molecule has 0 amide bonds. The Balaban J connectivity index is 2.89. The summed E-state index contributed by atoms with van der Waals surface area (Å²) in [6, 6.07) is 0. The monoisotopic (exact) mass is 149 g/mol. The van der Waals surface area contributed by atoms with Gasteiger partial charge in [0.15, 0.2) is 0 Å².